The van der Waals surface area contributed by atoms with E-state index in [1.165, 1.54) is 18.2 Å². The van der Waals surface area contributed by atoms with E-state index in [-0.39, 0.29) is 18.0 Å². The number of hydrogen-bond acceptors (Lipinski definition) is 3. The van der Waals surface area contributed by atoms with Crippen LogP contribution in [0.15, 0.2) is 46.9 Å². The molecule has 120 valence electrons. The minimum atomic E-state index is -0.603. The zero-order valence-electron chi connectivity index (χ0n) is 12.4. The second-order valence-corrected chi connectivity index (χ2v) is 5.68. The molecule has 0 saturated heterocycles. The highest BCUT2D eigenvalue weighted by molar-refractivity contribution is 9.10. The molecule has 4 nitrogen and oxygen atoms in total. The third kappa shape index (κ3) is 4.89. The Morgan fingerprint density at radius 1 is 1.22 bits per heavy atom. The van der Waals surface area contributed by atoms with E-state index in [0.29, 0.717) is 22.3 Å². The summed E-state index contributed by atoms with van der Waals surface area (Å²) in [6, 6.07) is 10.9. The Balaban J connectivity index is 2.12. The highest BCUT2D eigenvalue weighted by Gasteiger charge is 2.13. The molecule has 1 amide bonds. The van der Waals surface area contributed by atoms with Crippen molar-refractivity contribution in [2.75, 3.05) is 11.9 Å². The van der Waals surface area contributed by atoms with Crippen LogP contribution in [0.1, 0.15) is 22.8 Å². The Morgan fingerprint density at radius 2 is 2.00 bits per heavy atom. The molecular formula is C17H15BrFNO3. The summed E-state index contributed by atoms with van der Waals surface area (Å²) in [6.07, 6.45) is 0.114. The van der Waals surface area contributed by atoms with Crippen LogP contribution in [0.2, 0.25) is 0 Å². The number of nitrogens with one attached hydrogen (secondary N) is 1. The van der Waals surface area contributed by atoms with Crippen molar-refractivity contribution in [2.45, 2.75) is 13.3 Å². The lowest BCUT2D eigenvalue weighted by Crippen LogP contribution is -2.14. The van der Waals surface area contributed by atoms with Crippen molar-refractivity contribution in [3.05, 3.63) is 63.9 Å². The second kappa shape index (κ2) is 7.87. The summed E-state index contributed by atoms with van der Waals surface area (Å²) >= 11 is 3.21. The first-order valence-electron chi connectivity index (χ1n) is 7.00. The largest absolute Gasteiger partial charge is 0.466 e. The molecule has 0 fully saturated rings. The maximum Gasteiger partial charge on any atom is 0.310 e. The highest BCUT2D eigenvalue weighted by Crippen LogP contribution is 2.18. The van der Waals surface area contributed by atoms with E-state index in [2.05, 4.69) is 21.2 Å². The molecule has 0 heterocycles. The fraction of sp³-hybridized carbons (Fsp3) is 0.176. The van der Waals surface area contributed by atoms with Gasteiger partial charge in [0.15, 0.2) is 0 Å². The molecule has 1 N–H and O–H groups in total. The number of carbonyl (C=O) groups excluding carboxylic acids is 2. The van der Waals surface area contributed by atoms with Gasteiger partial charge in [0.2, 0.25) is 0 Å². The molecule has 2 aromatic carbocycles. The Bertz CT molecular complexity index is 734. The zero-order chi connectivity index (χ0) is 16.8. The highest BCUT2D eigenvalue weighted by atomic mass is 79.9. The van der Waals surface area contributed by atoms with Gasteiger partial charge in [0.1, 0.15) is 5.82 Å². The minimum absolute atomic E-state index is 0.0600. The van der Waals surface area contributed by atoms with Gasteiger partial charge in [0, 0.05) is 10.2 Å². The van der Waals surface area contributed by atoms with Crippen LogP contribution in [0.5, 0.6) is 0 Å². The van der Waals surface area contributed by atoms with E-state index in [9.17, 15) is 14.0 Å². The third-order valence-corrected chi connectivity index (χ3v) is 3.50. The van der Waals surface area contributed by atoms with E-state index < -0.39 is 11.7 Å². The van der Waals surface area contributed by atoms with Crippen molar-refractivity contribution in [3.63, 3.8) is 0 Å². The van der Waals surface area contributed by atoms with Gasteiger partial charge in [-0.2, -0.15) is 0 Å². The summed E-state index contributed by atoms with van der Waals surface area (Å²) < 4.78 is 19.2. The molecule has 0 unspecified atom stereocenters. The van der Waals surface area contributed by atoms with Crippen LogP contribution in [-0.4, -0.2) is 18.5 Å². The summed E-state index contributed by atoms with van der Waals surface area (Å²) in [6.45, 7) is 2.05. The molecule has 0 aliphatic rings. The van der Waals surface area contributed by atoms with Crippen LogP contribution in [0.4, 0.5) is 10.1 Å². The fourth-order valence-electron chi connectivity index (χ4n) is 2.01. The third-order valence-electron chi connectivity index (χ3n) is 3.01. The van der Waals surface area contributed by atoms with Crippen molar-refractivity contribution in [1.29, 1.82) is 0 Å². The van der Waals surface area contributed by atoms with Gasteiger partial charge in [-0.1, -0.05) is 28.1 Å². The Hall–Kier alpha value is -2.21. The Labute approximate surface area is 141 Å². The summed E-state index contributed by atoms with van der Waals surface area (Å²) in [5, 5.41) is 2.62. The van der Waals surface area contributed by atoms with Gasteiger partial charge in [-0.05, 0) is 42.8 Å². The van der Waals surface area contributed by atoms with Gasteiger partial charge >= 0.3 is 5.97 Å². The quantitative estimate of drug-likeness (QED) is 0.800. The number of halogens is 2. The van der Waals surface area contributed by atoms with Crippen molar-refractivity contribution < 1.29 is 18.7 Å². The number of rotatable bonds is 5. The lowest BCUT2D eigenvalue weighted by Gasteiger charge is -2.08. The van der Waals surface area contributed by atoms with E-state index in [1.807, 2.05) is 0 Å². The molecule has 2 aromatic rings. The number of anilines is 1. The van der Waals surface area contributed by atoms with Gasteiger partial charge in [0.25, 0.3) is 5.91 Å². The summed E-state index contributed by atoms with van der Waals surface area (Å²) in [4.78, 5) is 23.6. The maximum absolute atomic E-state index is 13.7. The van der Waals surface area contributed by atoms with Gasteiger partial charge in [-0.3, -0.25) is 9.59 Å². The maximum atomic E-state index is 13.7. The predicted molar refractivity (Wildman–Crippen MR) is 88.8 cm³/mol. The van der Waals surface area contributed by atoms with Crippen molar-refractivity contribution in [2.24, 2.45) is 0 Å². The Kier molecular flexibility index (Phi) is 5.87. The molecular weight excluding hydrogens is 365 g/mol. The average Bonchev–Trinajstić information content (AvgIpc) is 2.50. The summed E-state index contributed by atoms with van der Waals surface area (Å²) in [5.74, 6) is -1.50. The predicted octanol–water partition coefficient (Wildman–Crippen LogP) is 3.95. The van der Waals surface area contributed by atoms with Crippen LogP contribution in [0.25, 0.3) is 0 Å². The molecule has 23 heavy (non-hydrogen) atoms. The summed E-state index contributed by atoms with van der Waals surface area (Å²) in [5.41, 5.74) is 1.13. The first-order valence-corrected chi connectivity index (χ1v) is 7.80. The lowest BCUT2D eigenvalue weighted by molar-refractivity contribution is -0.142. The molecule has 2 rings (SSSR count). The van der Waals surface area contributed by atoms with Crippen LogP contribution in [0, 0.1) is 5.82 Å². The van der Waals surface area contributed by atoms with Crippen molar-refractivity contribution >= 4 is 33.5 Å². The van der Waals surface area contributed by atoms with E-state index >= 15 is 0 Å². The molecule has 0 aromatic heterocycles. The smallest absolute Gasteiger partial charge is 0.310 e. The monoisotopic (exact) mass is 379 g/mol. The molecule has 0 spiro atoms. The number of carbonyl (C=O) groups is 2. The first kappa shape index (κ1) is 17.1. The van der Waals surface area contributed by atoms with Crippen LogP contribution < -0.4 is 5.32 Å². The first-order chi connectivity index (χ1) is 11.0. The van der Waals surface area contributed by atoms with Gasteiger partial charge in [-0.25, -0.2) is 4.39 Å². The van der Waals surface area contributed by atoms with Crippen molar-refractivity contribution in [3.8, 4) is 0 Å². The molecule has 0 atom stereocenters. The van der Waals surface area contributed by atoms with Crippen molar-refractivity contribution in [1.82, 2.24) is 0 Å². The second-order valence-electron chi connectivity index (χ2n) is 4.76. The number of ether oxygens (including phenoxy) is 1. The van der Waals surface area contributed by atoms with Gasteiger partial charge < -0.3 is 10.1 Å². The molecule has 0 bridgehead atoms. The standard InChI is InChI=1S/C17H15BrFNO3/c1-2-23-16(21)9-11-4-3-5-13(8-11)20-17(22)14-10-12(18)6-7-15(14)19/h3-8,10H,2,9H2,1H3,(H,20,22). The minimum Gasteiger partial charge on any atom is -0.466 e. The van der Waals surface area contributed by atoms with Crippen LogP contribution >= 0.6 is 15.9 Å². The topological polar surface area (TPSA) is 55.4 Å². The fourth-order valence-corrected chi connectivity index (χ4v) is 2.37. The normalized spacial score (nSPS) is 10.2. The van der Waals surface area contributed by atoms with Crippen LogP contribution in [-0.2, 0) is 16.0 Å². The summed E-state index contributed by atoms with van der Waals surface area (Å²) in [7, 11) is 0. The van der Waals surface area contributed by atoms with E-state index in [1.54, 1.807) is 31.2 Å². The number of benzene rings is 2. The molecule has 0 saturated carbocycles. The molecule has 0 aliphatic carbocycles. The SMILES string of the molecule is CCOC(=O)Cc1cccc(NC(=O)c2cc(Br)ccc2F)c1. The zero-order valence-corrected chi connectivity index (χ0v) is 14.0. The van der Waals surface area contributed by atoms with E-state index in [4.69, 9.17) is 4.74 Å². The number of esters is 1. The number of amides is 1. The van der Waals surface area contributed by atoms with E-state index in [0.717, 1.165) is 0 Å². The lowest BCUT2D eigenvalue weighted by atomic mass is 10.1. The molecule has 0 aliphatic heterocycles. The molecule has 6 heteroatoms. The average molecular weight is 380 g/mol. The Morgan fingerprint density at radius 3 is 2.74 bits per heavy atom. The van der Waals surface area contributed by atoms with Gasteiger partial charge in [-0.15, -0.1) is 0 Å². The van der Waals surface area contributed by atoms with Crippen LogP contribution in [0.3, 0.4) is 0 Å². The van der Waals surface area contributed by atoms with Gasteiger partial charge in [0.05, 0.1) is 18.6 Å². The number of hydrogen-bond donors (Lipinski definition) is 1. The molecule has 0 radical (unpaired) electrons.